The Labute approximate surface area is 138 Å². The van der Waals surface area contributed by atoms with Gasteiger partial charge in [-0.15, -0.1) is 0 Å². The summed E-state index contributed by atoms with van der Waals surface area (Å²) in [5, 5.41) is 2.80. The van der Waals surface area contributed by atoms with E-state index in [1.807, 2.05) is 13.8 Å². The van der Waals surface area contributed by atoms with Gasteiger partial charge in [0.15, 0.2) is 0 Å². The molecule has 23 heavy (non-hydrogen) atoms. The first-order chi connectivity index (χ1) is 10.2. The summed E-state index contributed by atoms with van der Waals surface area (Å²) < 4.78 is 0. The Kier molecular flexibility index (Phi) is 6.94. The number of Topliss-reactive ketones (excluding diaryl/α,β-unsaturated/α-hetero) is 1. The van der Waals surface area contributed by atoms with Crippen LogP contribution in [0, 0.1) is 5.41 Å². The van der Waals surface area contributed by atoms with Gasteiger partial charge in [-0.05, 0) is 27.2 Å². The van der Waals surface area contributed by atoms with E-state index in [2.05, 4.69) is 5.32 Å². The van der Waals surface area contributed by atoms with Crippen molar-refractivity contribution in [2.24, 2.45) is 11.1 Å². The first-order valence-electron chi connectivity index (χ1n) is 7.54. The van der Waals surface area contributed by atoms with Gasteiger partial charge in [-0.25, -0.2) is 0 Å². The molecule has 0 aromatic heterocycles. The largest absolute Gasteiger partial charge is 0.368 e. The molecule has 0 saturated carbocycles. The van der Waals surface area contributed by atoms with E-state index in [1.54, 1.807) is 13.8 Å². The predicted molar refractivity (Wildman–Crippen MR) is 87.3 cm³/mol. The van der Waals surface area contributed by atoms with Crippen molar-refractivity contribution in [1.82, 2.24) is 10.2 Å². The summed E-state index contributed by atoms with van der Waals surface area (Å²) in [6, 6.07) is -0.969. The third-order valence-electron chi connectivity index (χ3n) is 3.57. The maximum Gasteiger partial charge on any atom is 0.240 e. The topological polar surface area (TPSA) is 110 Å². The molecule has 0 aliphatic rings. The lowest BCUT2D eigenvalue weighted by molar-refractivity contribution is -0.147. The molecular formula is C16H29N3O4. The van der Waals surface area contributed by atoms with E-state index in [-0.39, 0.29) is 24.0 Å². The number of carbonyl (C=O) groups excluding carboxylic acids is 4. The molecule has 7 heteroatoms. The van der Waals surface area contributed by atoms with Gasteiger partial charge in [0.25, 0.3) is 0 Å². The van der Waals surface area contributed by atoms with Gasteiger partial charge in [-0.2, -0.15) is 0 Å². The Morgan fingerprint density at radius 3 is 1.91 bits per heavy atom. The summed E-state index contributed by atoms with van der Waals surface area (Å²) in [7, 11) is 1.47. The predicted octanol–water partition coefficient (Wildman–Crippen LogP) is 0.609. The van der Waals surface area contributed by atoms with Gasteiger partial charge in [-0.1, -0.05) is 13.8 Å². The Balaban J connectivity index is 5.25. The fourth-order valence-electron chi connectivity index (χ4n) is 3.02. The number of carbonyl (C=O) groups is 4. The minimum atomic E-state index is -0.969. The third kappa shape index (κ3) is 6.80. The number of amides is 3. The molecule has 0 bridgehead atoms. The lowest BCUT2D eigenvalue weighted by Gasteiger charge is -2.38. The van der Waals surface area contributed by atoms with Gasteiger partial charge < -0.3 is 16.0 Å². The van der Waals surface area contributed by atoms with Crippen LogP contribution in [0.15, 0.2) is 0 Å². The van der Waals surface area contributed by atoms with E-state index in [0.29, 0.717) is 6.42 Å². The molecule has 0 rings (SSSR count). The fourth-order valence-corrected chi connectivity index (χ4v) is 3.02. The van der Waals surface area contributed by atoms with Crippen LogP contribution in [0.5, 0.6) is 0 Å². The monoisotopic (exact) mass is 327 g/mol. The molecule has 0 radical (unpaired) electrons. The highest BCUT2D eigenvalue weighted by Gasteiger charge is 2.39. The zero-order valence-electron chi connectivity index (χ0n) is 15.1. The lowest BCUT2D eigenvalue weighted by atomic mass is 9.78. The van der Waals surface area contributed by atoms with Crippen molar-refractivity contribution >= 4 is 23.5 Å². The van der Waals surface area contributed by atoms with Crippen LogP contribution in [0.2, 0.25) is 0 Å². The molecular weight excluding hydrogens is 298 g/mol. The number of hydrogen-bond acceptors (Lipinski definition) is 4. The molecule has 1 atom stereocenters. The molecule has 0 spiro atoms. The molecule has 7 nitrogen and oxygen atoms in total. The standard InChI is InChI=1S/C16H29N3O4/c1-10(20)8-12(13(17)22)19(7)14(23)15(3,4)9-16(5,6)18-11(2)21/h12H,8-9H2,1-7H3,(H2,17,22)(H,18,21). The minimum absolute atomic E-state index is 0.108. The van der Waals surface area contributed by atoms with Gasteiger partial charge in [0.05, 0.1) is 0 Å². The summed E-state index contributed by atoms with van der Waals surface area (Å²) in [4.78, 5) is 48.1. The van der Waals surface area contributed by atoms with Crippen molar-refractivity contribution in [2.45, 2.75) is 66.0 Å². The SMILES string of the molecule is CC(=O)CC(C(N)=O)N(C)C(=O)C(C)(C)CC(C)(C)NC(C)=O. The van der Waals surface area contributed by atoms with Crippen molar-refractivity contribution in [1.29, 1.82) is 0 Å². The first-order valence-corrected chi connectivity index (χ1v) is 7.54. The highest BCUT2D eigenvalue weighted by molar-refractivity contribution is 5.92. The van der Waals surface area contributed by atoms with Crippen LogP contribution < -0.4 is 11.1 Å². The number of nitrogens with zero attached hydrogens (tertiary/aromatic N) is 1. The number of ketones is 1. The summed E-state index contributed by atoms with van der Waals surface area (Å²) >= 11 is 0. The maximum atomic E-state index is 12.7. The highest BCUT2D eigenvalue weighted by Crippen LogP contribution is 2.30. The van der Waals surface area contributed by atoms with Crippen LogP contribution in [-0.2, 0) is 19.2 Å². The molecule has 0 heterocycles. The van der Waals surface area contributed by atoms with Crippen molar-refractivity contribution in [3.05, 3.63) is 0 Å². The van der Waals surface area contributed by atoms with Crippen LogP contribution >= 0.6 is 0 Å². The molecule has 0 saturated heterocycles. The molecule has 1 unspecified atom stereocenters. The summed E-state index contributed by atoms with van der Waals surface area (Å²) in [6.07, 6.45) is 0.261. The van der Waals surface area contributed by atoms with Crippen molar-refractivity contribution in [3.63, 3.8) is 0 Å². The van der Waals surface area contributed by atoms with E-state index in [0.717, 1.165) is 0 Å². The minimum Gasteiger partial charge on any atom is -0.368 e. The molecule has 0 aromatic rings. The van der Waals surface area contributed by atoms with E-state index in [9.17, 15) is 19.2 Å². The van der Waals surface area contributed by atoms with Gasteiger partial charge in [0.1, 0.15) is 11.8 Å². The average Bonchev–Trinajstić information content (AvgIpc) is 2.30. The Bertz CT molecular complexity index is 498. The second kappa shape index (κ2) is 7.57. The van der Waals surface area contributed by atoms with Crippen molar-refractivity contribution in [3.8, 4) is 0 Å². The first kappa shape index (κ1) is 21.1. The number of hydrogen-bond donors (Lipinski definition) is 2. The number of nitrogens with two attached hydrogens (primary N) is 1. The van der Waals surface area contributed by atoms with E-state index >= 15 is 0 Å². The number of primary amides is 1. The highest BCUT2D eigenvalue weighted by atomic mass is 16.2. The molecule has 3 N–H and O–H groups in total. The van der Waals surface area contributed by atoms with Crippen LogP contribution in [0.1, 0.15) is 54.4 Å². The number of likely N-dealkylation sites (N-methyl/N-ethyl adjacent to an activating group) is 1. The maximum absolute atomic E-state index is 12.7. The number of nitrogens with one attached hydrogen (secondary N) is 1. The lowest BCUT2D eigenvalue weighted by Crippen LogP contribution is -2.53. The normalized spacial score (nSPS) is 13.2. The summed E-state index contributed by atoms with van der Waals surface area (Å²) in [5.41, 5.74) is 3.89. The molecule has 0 fully saturated rings. The van der Waals surface area contributed by atoms with E-state index in [1.165, 1.54) is 25.8 Å². The molecule has 0 aromatic carbocycles. The van der Waals surface area contributed by atoms with Gasteiger partial charge >= 0.3 is 0 Å². The van der Waals surface area contributed by atoms with Gasteiger partial charge in [-0.3, -0.25) is 19.2 Å². The Morgan fingerprint density at radius 2 is 1.57 bits per heavy atom. The van der Waals surface area contributed by atoms with Gasteiger partial charge in [0.2, 0.25) is 17.7 Å². The van der Waals surface area contributed by atoms with E-state index in [4.69, 9.17) is 5.73 Å². The second-order valence-corrected chi connectivity index (χ2v) is 7.37. The third-order valence-corrected chi connectivity index (χ3v) is 3.57. The quantitative estimate of drug-likeness (QED) is 0.680. The smallest absolute Gasteiger partial charge is 0.240 e. The molecule has 3 amide bonds. The zero-order chi connectivity index (χ0) is 18.6. The van der Waals surface area contributed by atoms with Crippen LogP contribution in [0.3, 0.4) is 0 Å². The van der Waals surface area contributed by atoms with Crippen LogP contribution in [0.4, 0.5) is 0 Å². The van der Waals surface area contributed by atoms with Crippen molar-refractivity contribution < 1.29 is 19.2 Å². The Morgan fingerprint density at radius 1 is 1.09 bits per heavy atom. The summed E-state index contributed by atoms with van der Waals surface area (Å²) in [6.45, 7) is 9.88. The second-order valence-electron chi connectivity index (χ2n) is 7.37. The molecule has 132 valence electrons. The van der Waals surface area contributed by atoms with Gasteiger partial charge in [0, 0.05) is 31.3 Å². The zero-order valence-corrected chi connectivity index (χ0v) is 15.1. The van der Waals surface area contributed by atoms with Crippen molar-refractivity contribution in [2.75, 3.05) is 7.05 Å². The Hall–Kier alpha value is -1.92. The van der Waals surface area contributed by atoms with E-state index < -0.39 is 22.9 Å². The van der Waals surface area contributed by atoms with Crippen LogP contribution in [-0.4, -0.2) is 47.0 Å². The molecule has 0 aliphatic carbocycles. The van der Waals surface area contributed by atoms with Crippen LogP contribution in [0.25, 0.3) is 0 Å². The fraction of sp³-hybridized carbons (Fsp3) is 0.750. The number of rotatable bonds is 8. The molecule has 0 aliphatic heterocycles. The average molecular weight is 327 g/mol. The summed E-state index contributed by atoms with van der Waals surface area (Å²) in [5.74, 6) is -1.42.